The predicted molar refractivity (Wildman–Crippen MR) is 67.8 cm³/mol. The van der Waals surface area contributed by atoms with Crippen LogP contribution in [0.4, 0.5) is 5.69 Å². The molecule has 0 aliphatic carbocycles. The smallest absolute Gasteiger partial charge is 0.224 e. The molecule has 0 N–H and O–H groups in total. The zero-order valence-electron chi connectivity index (χ0n) is 9.87. The van der Waals surface area contributed by atoms with E-state index in [1.54, 1.807) is 17.9 Å². The molecule has 4 heteroatoms. The van der Waals surface area contributed by atoms with Gasteiger partial charge in [-0.3, -0.25) is 9.59 Å². The van der Waals surface area contributed by atoms with Crippen LogP contribution in [-0.2, 0) is 11.2 Å². The molecule has 2 rings (SSSR count). The van der Waals surface area contributed by atoms with Gasteiger partial charge in [-0.2, -0.15) is 0 Å². The maximum Gasteiger partial charge on any atom is 0.224 e. The van der Waals surface area contributed by atoms with Gasteiger partial charge in [-0.1, -0.05) is 0 Å². The van der Waals surface area contributed by atoms with Crippen LogP contribution in [0.2, 0.25) is 0 Å². The first-order chi connectivity index (χ1) is 8.04. The van der Waals surface area contributed by atoms with Crippen LogP contribution in [0.5, 0.6) is 0 Å². The highest BCUT2D eigenvalue weighted by Gasteiger charge is 2.29. The number of hydrogen-bond donors (Lipinski definition) is 0. The van der Waals surface area contributed by atoms with Crippen LogP contribution in [0, 0.1) is 0 Å². The van der Waals surface area contributed by atoms with E-state index in [1.807, 2.05) is 19.1 Å². The van der Waals surface area contributed by atoms with Gasteiger partial charge >= 0.3 is 0 Å². The van der Waals surface area contributed by atoms with Crippen LogP contribution in [-0.4, -0.2) is 23.6 Å². The van der Waals surface area contributed by atoms with Gasteiger partial charge in [-0.15, -0.1) is 11.6 Å². The zero-order chi connectivity index (χ0) is 12.6. The fourth-order valence-electron chi connectivity index (χ4n) is 2.36. The Morgan fingerprint density at radius 2 is 2.18 bits per heavy atom. The molecule has 0 saturated heterocycles. The standard InChI is InChI=1S/C13H14ClNO2/c1-8-5-11-6-10(13(17)7-14)3-4-12(11)15(8)9(2)16/h3-4,6,8H,5,7H2,1-2H3/t8-/m1/s1. The first-order valence-electron chi connectivity index (χ1n) is 5.56. The monoisotopic (exact) mass is 251 g/mol. The van der Waals surface area contributed by atoms with Crippen molar-refractivity contribution in [1.82, 2.24) is 0 Å². The van der Waals surface area contributed by atoms with Crippen molar-refractivity contribution >= 4 is 29.0 Å². The van der Waals surface area contributed by atoms with Gasteiger partial charge in [0.25, 0.3) is 0 Å². The summed E-state index contributed by atoms with van der Waals surface area (Å²) in [5.41, 5.74) is 2.58. The lowest BCUT2D eigenvalue weighted by molar-refractivity contribution is -0.116. The minimum absolute atomic E-state index is 0.00916. The normalized spacial score (nSPS) is 18.1. The average Bonchev–Trinajstić information content (AvgIpc) is 2.62. The number of rotatable bonds is 2. The third kappa shape index (κ3) is 2.07. The summed E-state index contributed by atoms with van der Waals surface area (Å²) in [5, 5.41) is 0. The van der Waals surface area contributed by atoms with E-state index < -0.39 is 0 Å². The summed E-state index contributed by atoms with van der Waals surface area (Å²) >= 11 is 5.53. The van der Waals surface area contributed by atoms with Crippen molar-refractivity contribution in [2.45, 2.75) is 26.3 Å². The summed E-state index contributed by atoms with van der Waals surface area (Å²) in [5.74, 6) is -0.0545. The Bertz CT molecular complexity index is 484. The number of fused-ring (bicyclic) bond motifs is 1. The van der Waals surface area contributed by atoms with Gasteiger partial charge in [0.15, 0.2) is 5.78 Å². The van der Waals surface area contributed by atoms with Crippen molar-refractivity contribution in [2.24, 2.45) is 0 Å². The number of benzene rings is 1. The Morgan fingerprint density at radius 1 is 1.47 bits per heavy atom. The molecule has 0 radical (unpaired) electrons. The van der Waals surface area contributed by atoms with E-state index in [4.69, 9.17) is 11.6 Å². The minimum Gasteiger partial charge on any atom is -0.309 e. The van der Waals surface area contributed by atoms with E-state index >= 15 is 0 Å². The van der Waals surface area contributed by atoms with Gasteiger partial charge in [-0.05, 0) is 37.1 Å². The molecule has 0 unspecified atom stereocenters. The molecule has 1 amide bonds. The number of halogens is 1. The van der Waals surface area contributed by atoms with Gasteiger partial charge in [-0.25, -0.2) is 0 Å². The largest absolute Gasteiger partial charge is 0.309 e. The summed E-state index contributed by atoms with van der Waals surface area (Å²) in [6, 6.07) is 5.57. The van der Waals surface area contributed by atoms with Crippen molar-refractivity contribution < 1.29 is 9.59 Å². The maximum absolute atomic E-state index is 11.5. The molecule has 0 fully saturated rings. The number of anilines is 1. The lowest BCUT2D eigenvalue weighted by atomic mass is 10.0. The van der Waals surface area contributed by atoms with E-state index in [1.165, 1.54) is 0 Å². The van der Waals surface area contributed by atoms with Crippen LogP contribution in [0.25, 0.3) is 0 Å². The molecule has 90 valence electrons. The number of amides is 1. The number of alkyl halides is 1. The van der Waals surface area contributed by atoms with Crippen LogP contribution in [0.1, 0.15) is 29.8 Å². The lowest BCUT2D eigenvalue weighted by Gasteiger charge is -2.20. The Hall–Kier alpha value is -1.35. The Morgan fingerprint density at radius 3 is 2.76 bits per heavy atom. The number of carbonyl (C=O) groups excluding carboxylic acids is 2. The van der Waals surface area contributed by atoms with Gasteiger partial charge < -0.3 is 4.90 Å². The number of carbonyl (C=O) groups is 2. The van der Waals surface area contributed by atoms with Gasteiger partial charge in [0, 0.05) is 24.2 Å². The molecule has 0 saturated carbocycles. The van der Waals surface area contributed by atoms with Crippen LogP contribution >= 0.6 is 11.6 Å². The molecule has 1 aliphatic rings. The SMILES string of the molecule is CC(=O)N1c2ccc(C(=O)CCl)cc2C[C@H]1C. The second-order valence-electron chi connectivity index (χ2n) is 4.34. The topological polar surface area (TPSA) is 37.4 Å². The molecule has 17 heavy (non-hydrogen) atoms. The Balaban J connectivity index is 2.41. The predicted octanol–water partition coefficient (Wildman–Crippen LogP) is 2.41. The maximum atomic E-state index is 11.5. The quantitative estimate of drug-likeness (QED) is 0.598. The summed E-state index contributed by atoms with van der Waals surface area (Å²) in [6.07, 6.45) is 0.790. The van der Waals surface area contributed by atoms with Crippen molar-refractivity contribution in [3.63, 3.8) is 0 Å². The van der Waals surface area contributed by atoms with Crippen molar-refractivity contribution in [2.75, 3.05) is 10.8 Å². The van der Waals surface area contributed by atoms with Crippen LogP contribution in [0.15, 0.2) is 18.2 Å². The first-order valence-corrected chi connectivity index (χ1v) is 6.10. The third-order valence-corrected chi connectivity index (χ3v) is 3.32. The van der Waals surface area contributed by atoms with Crippen LogP contribution < -0.4 is 4.90 Å². The van der Waals surface area contributed by atoms with E-state index in [2.05, 4.69) is 0 Å². The summed E-state index contributed by atoms with van der Waals surface area (Å²) < 4.78 is 0. The fourth-order valence-corrected chi connectivity index (χ4v) is 2.52. The minimum atomic E-state index is -0.0802. The first kappa shape index (κ1) is 12.1. The zero-order valence-corrected chi connectivity index (χ0v) is 10.6. The van der Waals surface area contributed by atoms with E-state index in [0.717, 1.165) is 17.7 Å². The van der Waals surface area contributed by atoms with Gasteiger partial charge in [0.2, 0.25) is 5.91 Å². The van der Waals surface area contributed by atoms with Crippen molar-refractivity contribution in [3.05, 3.63) is 29.3 Å². The van der Waals surface area contributed by atoms with Crippen LogP contribution in [0.3, 0.4) is 0 Å². The number of hydrogen-bond acceptors (Lipinski definition) is 2. The molecule has 0 bridgehead atoms. The van der Waals surface area contributed by atoms with E-state index in [0.29, 0.717) is 5.56 Å². The van der Waals surface area contributed by atoms with E-state index in [9.17, 15) is 9.59 Å². The second-order valence-corrected chi connectivity index (χ2v) is 4.61. The molecule has 1 atom stereocenters. The number of ketones is 1. The molecule has 0 spiro atoms. The molecule has 1 aromatic carbocycles. The Kier molecular flexibility index (Phi) is 3.20. The summed E-state index contributed by atoms with van der Waals surface area (Å²) in [7, 11) is 0. The summed E-state index contributed by atoms with van der Waals surface area (Å²) in [4.78, 5) is 24.8. The molecule has 0 aromatic heterocycles. The number of Topliss-reactive ketones (excluding diaryl/α,β-unsaturated/α-hetero) is 1. The van der Waals surface area contributed by atoms with Gasteiger partial charge in [0.1, 0.15) is 0 Å². The average molecular weight is 252 g/mol. The molecular formula is C13H14ClNO2. The number of nitrogens with zero attached hydrogens (tertiary/aromatic N) is 1. The molecule has 3 nitrogen and oxygen atoms in total. The fraction of sp³-hybridized carbons (Fsp3) is 0.385. The molecule has 1 heterocycles. The molecule has 1 aliphatic heterocycles. The van der Waals surface area contributed by atoms with E-state index in [-0.39, 0.29) is 23.6 Å². The highest BCUT2D eigenvalue weighted by molar-refractivity contribution is 6.30. The Labute approximate surface area is 105 Å². The van der Waals surface area contributed by atoms with Gasteiger partial charge in [0.05, 0.1) is 5.88 Å². The summed E-state index contributed by atoms with van der Waals surface area (Å²) in [6.45, 7) is 3.56. The highest BCUT2D eigenvalue weighted by atomic mass is 35.5. The van der Waals surface area contributed by atoms with Crippen molar-refractivity contribution in [3.8, 4) is 0 Å². The molecule has 1 aromatic rings. The lowest BCUT2D eigenvalue weighted by Crippen LogP contribution is -2.33. The molecular weight excluding hydrogens is 238 g/mol. The highest BCUT2D eigenvalue weighted by Crippen LogP contribution is 2.32. The van der Waals surface area contributed by atoms with Crippen molar-refractivity contribution in [1.29, 1.82) is 0 Å². The second kappa shape index (κ2) is 4.49. The third-order valence-electron chi connectivity index (χ3n) is 3.08.